The quantitative estimate of drug-likeness (QED) is 0.342. The van der Waals surface area contributed by atoms with Crippen molar-refractivity contribution in [3.05, 3.63) is 61.2 Å². The summed E-state index contributed by atoms with van der Waals surface area (Å²) in [5.74, 6) is -1.35. The molecule has 2 unspecified atom stereocenters. The van der Waals surface area contributed by atoms with Gasteiger partial charge in [0.05, 0.1) is 29.2 Å². The average Bonchev–Trinajstić information content (AvgIpc) is 3.60. The first-order valence-electron chi connectivity index (χ1n) is 14.7. The van der Waals surface area contributed by atoms with Crippen LogP contribution >= 0.6 is 11.8 Å². The second-order valence-electron chi connectivity index (χ2n) is 11.5. The number of aliphatic hydroxyl groups is 1. The Kier molecular flexibility index (Phi) is 9.83. The topological polar surface area (TPSA) is 81.2 Å². The maximum Gasteiger partial charge on any atom is 0.247 e. The second kappa shape index (κ2) is 12.9. The minimum absolute atomic E-state index is 0.00113. The molecular weight excluding hydrogens is 522 g/mol. The lowest BCUT2D eigenvalue weighted by Gasteiger charge is -2.41. The summed E-state index contributed by atoms with van der Waals surface area (Å²) in [6.07, 6.45) is 6.53. The van der Waals surface area contributed by atoms with Crippen LogP contribution < -0.4 is 0 Å². The van der Waals surface area contributed by atoms with Crippen LogP contribution in [0.5, 0.6) is 0 Å². The first-order chi connectivity index (χ1) is 19.3. The number of thioether (sulfide) groups is 1. The molecule has 3 amide bonds. The fourth-order valence-electron chi connectivity index (χ4n) is 7.12. The Bertz CT molecular complexity index is 1100. The van der Waals surface area contributed by atoms with E-state index in [4.69, 9.17) is 0 Å². The SMILES string of the molecule is C=CCN(Cc1ccccc1)C(=O)C1N([C@@H](CO)[C@@H](C)CC)C(=O)[C@@H]2[C@H](C(=O)N(CC=C)CCC)[C@@H]3CCC12S3. The Labute approximate surface area is 243 Å². The molecule has 1 spiro atoms. The highest BCUT2D eigenvalue weighted by Gasteiger charge is 2.74. The molecule has 40 heavy (non-hydrogen) atoms. The van der Waals surface area contributed by atoms with Gasteiger partial charge >= 0.3 is 0 Å². The summed E-state index contributed by atoms with van der Waals surface area (Å²) in [4.78, 5) is 48.5. The number of hydrogen-bond donors (Lipinski definition) is 1. The molecule has 7 nitrogen and oxygen atoms in total. The minimum atomic E-state index is -0.744. The van der Waals surface area contributed by atoms with E-state index in [-0.39, 0.29) is 35.5 Å². The fourth-order valence-corrected chi connectivity index (χ4v) is 9.31. The van der Waals surface area contributed by atoms with E-state index in [0.717, 1.165) is 24.8 Å². The zero-order valence-electron chi connectivity index (χ0n) is 24.2. The van der Waals surface area contributed by atoms with Gasteiger partial charge in [-0.15, -0.1) is 24.9 Å². The van der Waals surface area contributed by atoms with Crippen LogP contribution in [0.4, 0.5) is 0 Å². The number of carbonyl (C=O) groups is 3. The van der Waals surface area contributed by atoms with E-state index in [0.29, 0.717) is 32.6 Å². The van der Waals surface area contributed by atoms with Crippen molar-refractivity contribution in [3.8, 4) is 0 Å². The highest BCUT2D eigenvalue weighted by atomic mass is 32.2. The molecule has 0 aliphatic carbocycles. The van der Waals surface area contributed by atoms with Gasteiger partial charge < -0.3 is 19.8 Å². The van der Waals surface area contributed by atoms with Crippen LogP contribution in [0.1, 0.15) is 52.0 Å². The summed E-state index contributed by atoms with van der Waals surface area (Å²) in [6, 6.07) is 8.59. The predicted octanol–water partition coefficient (Wildman–Crippen LogP) is 4.12. The largest absolute Gasteiger partial charge is 0.394 e. The monoisotopic (exact) mass is 567 g/mol. The zero-order chi connectivity index (χ0) is 29.0. The molecule has 0 saturated carbocycles. The van der Waals surface area contributed by atoms with Crippen molar-refractivity contribution in [3.63, 3.8) is 0 Å². The van der Waals surface area contributed by atoms with Crippen LogP contribution in [0.25, 0.3) is 0 Å². The summed E-state index contributed by atoms with van der Waals surface area (Å²) in [5, 5.41) is 10.6. The number of nitrogens with zero attached hydrogens (tertiary/aromatic N) is 3. The van der Waals surface area contributed by atoms with E-state index in [1.165, 1.54) is 0 Å². The third-order valence-corrected chi connectivity index (χ3v) is 11.1. The van der Waals surface area contributed by atoms with E-state index in [1.54, 1.807) is 33.7 Å². The number of carbonyl (C=O) groups excluding carboxylic acids is 3. The molecule has 1 N–H and O–H groups in total. The van der Waals surface area contributed by atoms with Gasteiger partial charge in [0.2, 0.25) is 17.7 Å². The van der Waals surface area contributed by atoms with Crippen LogP contribution in [0.15, 0.2) is 55.6 Å². The molecule has 3 heterocycles. The molecule has 4 rings (SSSR count). The van der Waals surface area contributed by atoms with E-state index < -0.39 is 28.7 Å². The number of fused-ring (bicyclic) bond motifs is 1. The van der Waals surface area contributed by atoms with Gasteiger partial charge in [-0.05, 0) is 30.7 Å². The number of rotatable bonds is 14. The van der Waals surface area contributed by atoms with Gasteiger partial charge in [0.15, 0.2) is 0 Å². The van der Waals surface area contributed by atoms with Crippen molar-refractivity contribution < 1.29 is 19.5 Å². The number of aliphatic hydroxyl groups excluding tert-OH is 1. The maximum atomic E-state index is 14.6. The summed E-state index contributed by atoms with van der Waals surface area (Å²) < 4.78 is -0.692. The van der Waals surface area contributed by atoms with Gasteiger partial charge in [0.25, 0.3) is 0 Å². The van der Waals surface area contributed by atoms with Gasteiger partial charge in [-0.3, -0.25) is 14.4 Å². The summed E-state index contributed by atoms with van der Waals surface area (Å²) in [5.41, 5.74) is 0.999. The maximum absolute atomic E-state index is 14.6. The smallest absolute Gasteiger partial charge is 0.247 e. The summed E-state index contributed by atoms with van der Waals surface area (Å²) >= 11 is 1.68. The number of hydrogen-bond acceptors (Lipinski definition) is 5. The van der Waals surface area contributed by atoms with Crippen LogP contribution in [0, 0.1) is 17.8 Å². The van der Waals surface area contributed by atoms with Crippen molar-refractivity contribution >= 4 is 29.5 Å². The van der Waals surface area contributed by atoms with Crippen molar-refractivity contribution in [2.45, 2.75) is 75.1 Å². The third kappa shape index (κ3) is 5.25. The second-order valence-corrected chi connectivity index (χ2v) is 13.1. The lowest BCUT2D eigenvalue weighted by atomic mass is 9.70. The van der Waals surface area contributed by atoms with Crippen molar-refractivity contribution in [1.29, 1.82) is 0 Å². The van der Waals surface area contributed by atoms with E-state index in [2.05, 4.69) is 13.2 Å². The molecule has 0 radical (unpaired) electrons. The minimum Gasteiger partial charge on any atom is -0.394 e. The number of amides is 3. The predicted molar refractivity (Wildman–Crippen MR) is 160 cm³/mol. The van der Waals surface area contributed by atoms with Gasteiger partial charge in [-0.25, -0.2) is 0 Å². The molecule has 1 aromatic rings. The number of likely N-dealkylation sites (tertiary alicyclic amines) is 1. The van der Waals surface area contributed by atoms with Crippen LogP contribution in [-0.2, 0) is 20.9 Å². The third-order valence-electron chi connectivity index (χ3n) is 9.13. The molecule has 218 valence electrons. The summed E-state index contributed by atoms with van der Waals surface area (Å²) in [6.45, 7) is 15.4. The molecule has 3 saturated heterocycles. The molecule has 3 aliphatic rings. The van der Waals surface area contributed by atoms with Gasteiger partial charge in [0, 0.05) is 31.4 Å². The molecule has 0 aromatic heterocycles. The van der Waals surface area contributed by atoms with Crippen LogP contribution in [-0.4, -0.2) is 85.8 Å². The molecule has 8 heteroatoms. The van der Waals surface area contributed by atoms with Gasteiger partial charge in [-0.2, -0.15) is 0 Å². The van der Waals surface area contributed by atoms with Crippen molar-refractivity contribution in [2.75, 3.05) is 26.2 Å². The van der Waals surface area contributed by atoms with Gasteiger partial charge in [-0.1, -0.05) is 69.7 Å². The fraction of sp³-hybridized carbons (Fsp3) is 0.594. The zero-order valence-corrected chi connectivity index (χ0v) is 25.0. The van der Waals surface area contributed by atoms with Crippen molar-refractivity contribution in [2.24, 2.45) is 17.8 Å². The van der Waals surface area contributed by atoms with Gasteiger partial charge in [0.1, 0.15) is 6.04 Å². The normalized spacial score (nSPS) is 28.2. The van der Waals surface area contributed by atoms with E-state index in [1.807, 2.05) is 56.0 Å². The Balaban J connectivity index is 1.78. The van der Waals surface area contributed by atoms with Crippen LogP contribution in [0.2, 0.25) is 0 Å². The lowest BCUT2D eigenvalue weighted by molar-refractivity contribution is -0.148. The van der Waals surface area contributed by atoms with Crippen LogP contribution in [0.3, 0.4) is 0 Å². The Morgan fingerprint density at radius 1 is 1.15 bits per heavy atom. The first-order valence-corrected chi connectivity index (χ1v) is 15.6. The Morgan fingerprint density at radius 2 is 1.82 bits per heavy atom. The molecule has 1 aromatic carbocycles. The average molecular weight is 568 g/mol. The molecule has 3 fully saturated rings. The highest BCUT2D eigenvalue weighted by Crippen LogP contribution is 2.67. The molecule has 7 atom stereocenters. The van der Waals surface area contributed by atoms with Crippen molar-refractivity contribution in [1.82, 2.24) is 14.7 Å². The molecule has 2 bridgehead atoms. The Morgan fingerprint density at radius 3 is 2.42 bits per heavy atom. The van der Waals surface area contributed by atoms with E-state index >= 15 is 0 Å². The lowest BCUT2D eigenvalue weighted by Crippen LogP contribution is -2.58. The standard InChI is InChI=1S/C32H45N3O4S/c1-6-17-33(18-7-2)29(37)26-25-15-16-32(40-25)27(26)30(38)35(24(21-36)22(5)9-4)28(32)31(39)34(19-8-3)20-23-13-11-10-12-14-23/h6,8,10-14,22,24-28,36H,1,3,7,9,15-21H2,2,4-5H3/t22-,24-,25-,26+,27-,28?,32?/m0/s1. The van der Waals surface area contributed by atoms with E-state index in [9.17, 15) is 19.5 Å². The summed E-state index contributed by atoms with van der Waals surface area (Å²) in [7, 11) is 0. The number of benzene rings is 1. The molecular formula is C32H45N3O4S. The molecule has 3 aliphatic heterocycles. The highest BCUT2D eigenvalue weighted by molar-refractivity contribution is 8.02. The first kappa shape index (κ1) is 30.4. The Hall–Kier alpha value is -2.58.